The normalized spacial score (nSPS) is 22.6. The lowest BCUT2D eigenvalue weighted by Gasteiger charge is -2.33. The van der Waals surface area contributed by atoms with E-state index in [1.54, 1.807) is 0 Å². The van der Waals surface area contributed by atoms with Crippen LogP contribution in [-0.4, -0.2) is 23.4 Å². The lowest BCUT2D eigenvalue weighted by atomic mass is 9.90. The number of alkyl halides is 3. The summed E-state index contributed by atoms with van der Waals surface area (Å²) in [6, 6.07) is 2.60. The molecule has 0 saturated heterocycles. The molecule has 8 heteroatoms. The van der Waals surface area contributed by atoms with Crippen molar-refractivity contribution in [3.05, 3.63) is 27.7 Å². The van der Waals surface area contributed by atoms with Crippen molar-refractivity contribution in [1.82, 2.24) is 0 Å². The van der Waals surface area contributed by atoms with Crippen LogP contribution in [0.5, 0.6) is 5.75 Å². The average molecular weight is 315 g/mol. The highest BCUT2D eigenvalue weighted by atomic mass is 35.5. The molecule has 0 amide bonds. The first kappa shape index (κ1) is 14.3. The van der Waals surface area contributed by atoms with Gasteiger partial charge in [0.05, 0.1) is 5.02 Å². The van der Waals surface area contributed by atoms with Crippen LogP contribution < -0.4 is 4.74 Å². The summed E-state index contributed by atoms with van der Waals surface area (Å²) in [5.41, 5.74) is 0.255. The smallest absolute Gasteiger partial charge is 0.426 e. The Kier molecular flexibility index (Phi) is 3.57. The largest absolute Gasteiger partial charge is 0.481 e. The number of halogens is 5. The molecule has 0 radical (unpaired) electrons. The molecule has 0 spiro atoms. The van der Waals surface area contributed by atoms with Crippen molar-refractivity contribution in [2.24, 2.45) is 5.92 Å². The third-order valence-corrected chi connectivity index (χ3v) is 3.27. The van der Waals surface area contributed by atoms with Crippen LogP contribution in [0.1, 0.15) is 5.56 Å². The van der Waals surface area contributed by atoms with E-state index in [0.29, 0.717) is 0 Å². The highest BCUT2D eigenvalue weighted by Crippen LogP contribution is 2.43. The van der Waals surface area contributed by atoms with Crippen molar-refractivity contribution < 1.29 is 27.8 Å². The van der Waals surface area contributed by atoms with Gasteiger partial charge in [0.15, 0.2) is 0 Å². The number of hydrogen-bond donors (Lipinski definition) is 1. The highest BCUT2D eigenvalue weighted by molar-refractivity contribution is 6.35. The molecule has 2 atom stereocenters. The predicted molar refractivity (Wildman–Crippen MR) is 61.8 cm³/mol. The first-order chi connectivity index (χ1) is 8.70. The highest BCUT2D eigenvalue weighted by Gasteiger charge is 2.52. The Balaban J connectivity index is 2.48. The second-order valence-electron chi connectivity index (χ2n) is 4.10. The lowest BCUT2D eigenvalue weighted by molar-refractivity contribution is -0.217. The quantitative estimate of drug-likeness (QED) is 0.862. The summed E-state index contributed by atoms with van der Waals surface area (Å²) in [5, 5.41) is 9.03. The maximum absolute atomic E-state index is 12.8. The second kappa shape index (κ2) is 4.76. The van der Waals surface area contributed by atoms with Crippen molar-refractivity contribution in [2.45, 2.75) is 18.7 Å². The van der Waals surface area contributed by atoms with Crippen LogP contribution in [0.25, 0.3) is 0 Å². The summed E-state index contributed by atoms with van der Waals surface area (Å²) in [4.78, 5) is 10.9. The van der Waals surface area contributed by atoms with Gasteiger partial charge in [0.1, 0.15) is 11.7 Å². The molecule has 0 unspecified atom stereocenters. The number of carboxylic acid groups (broad SMARTS) is 1. The van der Waals surface area contributed by atoms with E-state index in [1.165, 1.54) is 12.1 Å². The summed E-state index contributed by atoms with van der Waals surface area (Å²) in [5.74, 6) is -3.46. The number of ether oxygens (including phenoxy) is 1. The molecule has 1 heterocycles. The number of carboxylic acids is 1. The molecule has 1 aliphatic heterocycles. The zero-order chi connectivity index (χ0) is 14.4. The van der Waals surface area contributed by atoms with Crippen LogP contribution in [0.4, 0.5) is 13.2 Å². The van der Waals surface area contributed by atoms with E-state index in [2.05, 4.69) is 0 Å². The fourth-order valence-electron chi connectivity index (χ4n) is 1.96. The Morgan fingerprint density at radius 1 is 1.37 bits per heavy atom. The van der Waals surface area contributed by atoms with E-state index in [4.69, 9.17) is 33.0 Å². The molecular weight excluding hydrogens is 308 g/mol. The monoisotopic (exact) mass is 314 g/mol. The number of hydrogen-bond acceptors (Lipinski definition) is 2. The van der Waals surface area contributed by atoms with E-state index < -0.39 is 24.2 Å². The Labute approximate surface area is 115 Å². The Morgan fingerprint density at radius 2 is 2.00 bits per heavy atom. The van der Waals surface area contributed by atoms with Gasteiger partial charge in [-0.05, 0) is 24.1 Å². The number of rotatable bonds is 1. The van der Waals surface area contributed by atoms with E-state index in [9.17, 15) is 18.0 Å². The third-order valence-electron chi connectivity index (χ3n) is 2.78. The summed E-state index contributed by atoms with van der Waals surface area (Å²) >= 11 is 11.5. The zero-order valence-corrected chi connectivity index (χ0v) is 10.7. The molecule has 0 aromatic heterocycles. The molecule has 0 bridgehead atoms. The van der Waals surface area contributed by atoms with Crippen LogP contribution in [0.15, 0.2) is 12.1 Å². The van der Waals surface area contributed by atoms with E-state index >= 15 is 0 Å². The van der Waals surface area contributed by atoms with Gasteiger partial charge >= 0.3 is 12.1 Å². The van der Waals surface area contributed by atoms with Gasteiger partial charge in [-0.15, -0.1) is 0 Å². The number of carbonyl (C=O) groups is 1. The zero-order valence-electron chi connectivity index (χ0n) is 9.17. The minimum atomic E-state index is -4.79. The molecule has 1 aliphatic rings. The molecule has 2 rings (SSSR count). The van der Waals surface area contributed by atoms with Crippen molar-refractivity contribution in [3.63, 3.8) is 0 Å². The molecule has 19 heavy (non-hydrogen) atoms. The minimum absolute atomic E-state index is 0.0689. The lowest BCUT2D eigenvalue weighted by Crippen LogP contribution is -2.47. The van der Waals surface area contributed by atoms with Gasteiger partial charge < -0.3 is 9.84 Å². The van der Waals surface area contributed by atoms with Crippen LogP contribution in [0, 0.1) is 5.92 Å². The summed E-state index contributed by atoms with van der Waals surface area (Å²) in [6.45, 7) is 0. The molecule has 0 aliphatic carbocycles. The molecule has 1 aromatic rings. The summed E-state index contributed by atoms with van der Waals surface area (Å²) in [7, 11) is 0. The molecule has 3 nitrogen and oxygen atoms in total. The maximum Gasteiger partial charge on any atom is 0.426 e. The number of fused-ring (bicyclic) bond motifs is 1. The number of benzene rings is 1. The van der Waals surface area contributed by atoms with Gasteiger partial charge in [-0.25, -0.2) is 0 Å². The average Bonchev–Trinajstić information content (AvgIpc) is 2.25. The Morgan fingerprint density at radius 3 is 2.53 bits per heavy atom. The van der Waals surface area contributed by atoms with Crippen LogP contribution in [0.3, 0.4) is 0 Å². The molecule has 0 fully saturated rings. The Hall–Kier alpha value is -1.14. The van der Waals surface area contributed by atoms with Gasteiger partial charge in [0, 0.05) is 5.02 Å². The van der Waals surface area contributed by atoms with Gasteiger partial charge in [-0.3, -0.25) is 4.79 Å². The first-order valence-corrected chi connectivity index (χ1v) is 5.90. The maximum atomic E-state index is 12.8. The molecule has 1 aromatic carbocycles. The Bertz CT molecular complexity index is 531. The minimum Gasteiger partial charge on any atom is -0.481 e. The van der Waals surface area contributed by atoms with Gasteiger partial charge in [0.25, 0.3) is 0 Å². The van der Waals surface area contributed by atoms with Crippen LogP contribution in [-0.2, 0) is 11.2 Å². The van der Waals surface area contributed by atoms with Crippen LogP contribution in [0.2, 0.25) is 10.0 Å². The summed E-state index contributed by atoms with van der Waals surface area (Å²) in [6.07, 6.45) is -7.55. The van der Waals surface area contributed by atoms with Gasteiger partial charge in [-0.2, -0.15) is 13.2 Å². The SMILES string of the molecule is O=C(O)[C@@H]1Cc2cc(Cl)cc(Cl)c2O[C@@H]1C(F)(F)F. The molecule has 1 N–H and O–H groups in total. The van der Waals surface area contributed by atoms with E-state index in [1.807, 2.05) is 0 Å². The van der Waals surface area contributed by atoms with Crippen molar-refractivity contribution >= 4 is 29.2 Å². The predicted octanol–water partition coefficient (Wildman–Crippen LogP) is 3.56. The third kappa shape index (κ3) is 2.74. The fourth-order valence-corrected chi connectivity index (χ4v) is 2.54. The fraction of sp³-hybridized carbons (Fsp3) is 0.364. The van der Waals surface area contributed by atoms with Crippen molar-refractivity contribution in [3.8, 4) is 5.75 Å². The molecule has 104 valence electrons. The van der Waals surface area contributed by atoms with Crippen molar-refractivity contribution in [1.29, 1.82) is 0 Å². The van der Waals surface area contributed by atoms with E-state index in [0.717, 1.165) is 0 Å². The topological polar surface area (TPSA) is 46.5 Å². The van der Waals surface area contributed by atoms with Crippen LogP contribution >= 0.6 is 23.2 Å². The summed E-state index contributed by atoms with van der Waals surface area (Å²) < 4.78 is 43.2. The van der Waals surface area contributed by atoms with Crippen molar-refractivity contribution in [2.75, 3.05) is 0 Å². The molecular formula is C11H7Cl2F3O3. The molecule has 0 saturated carbocycles. The van der Waals surface area contributed by atoms with E-state index in [-0.39, 0.29) is 27.8 Å². The number of aliphatic carboxylic acids is 1. The van der Waals surface area contributed by atoms with Gasteiger partial charge in [-0.1, -0.05) is 23.2 Å². The van der Waals surface area contributed by atoms with Gasteiger partial charge in [0.2, 0.25) is 6.10 Å². The first-order valence-electron chi connectivity index (χ1n) is 5.14. The second-order valence-corrected chi connectivity index (χ2v) is 4.95. The standard InChI is InChI=1S/C11H7Cl2F3O3/c12-5-1-4-2-6(10(17)18)9(11(14,15)16)19-8(4)7(13)3-5/h1,3,6,9H,2H2,(H,17,18)/t6-,9+/m1/s1.